The summed E-state index contributed by atoms with van der Waals surface area (Å²) in [6.45, 7) is 0. The Labute approximate surface area is 101 Å². The van der Waals surface area contributed by atoms with Crippen molar-refractivity contribution < 1.29 is 14.5 Å². The van der Waals surface area contributed by atoms with E-state index in [1.54, 1.807) is 0 Å². The molecular weight excluding hydrogens is 257 g/mol. The highest BCUT2D eigenvalue weighted by atomic mass is 35.5. The smallest absolute Gasteiger partial charge is 0.273 e. The predicted molar refractivity (Wildman–Crippen MR) is 59.7 cm³/mol. The summed E-state index contributed by atoms with van der Waals surface area (Å²) in [6.07, 6.45) is 0. The monoisotopic (exact) mass is 263 g/mol. The maximum Gasteiger partial charge on any atom is 0.273 e. The van der Waals surface area contributed by atoms with Crippen LogP contribution in [0.5, 0.6) is 5.75 Å². The van der Waals surface area contributed by atoms with Crippen LogP contribution < -0.4 is 4.74 Å². The lowest BCUT2D eigenvalue weighted by molar-refractivity contribution is -0.384. The molecule has 5 nitrogen and oxygen atoms in total. The number of Topliss-reactive ketones (excluding diaryl/α,β-unsaturated/α-hetero) is 1. The average Bonchev–Trinajstić information content (AvgIpc) is 2.28. The van der Waals surface area contributed by atoms with Gasteiger partial charge in [0, 0.05) is 11.6 Å². The summed E-state index contributed by atoms with van der Waals surface area (Å²) in [7, 11) is 1.31. The molecule has 0 aromatic heterocycles. The number of carbonyl (C=O) groups excluding carboxylic acids is 1. The van der Waals surface area contributed by atoms with Crippen LogP contribution in [-0.2, 0) is 0 Å². The van der Waals surface area contributed by atoms with Gasteiger partial charge in [0.2, 0.25) is 0 Å². The minimum absolute atomic E-state index is 0.0114. The van der Waals surface area contributed by atoms with Crippen LogP contribution in [0.15, 0.2) is 12.1 Å². The summed E-state index contributed by atoms with van der Waals surface area (Å²) in [6, 6.07) is 2.23. The normalized spacial score (nSPS) is 9.94. The van der Waals surface area contributed by atoms with Gasteiger partial charge in [-0.2, -0.15) is 0 Å². The molecule has 0 heterocycles. The Morgan fingerprint density at radius 1 is 1.56 bits per heavy atom. The number of methoxy groups -OCH3 is 1. The van der Waals surface area contributed by atoms with Crippen molar-refractivity contribution in [3.63, 3.8) is 0 Å². The molecule has 86 valence electrons. The molecular formula is C9H7Cl2NO4. The number of nitro benzene ring substituents is 1. The van der Waals surface area contributed by atoms with Crippen molar-refractivity contribution in [2.24, 2.45) is 0 Å². The zero-order valence-corrected chi connectivity index (χ0v) is 9.71. The lowest BCUT2D eigenvalue weighted by Gasteiger charge is -2.06. The molecule has 0 aliphatic heterocycles. The summed E-state index contributed by atoms with van der Waals surface area (Å²) < 4.78 is 4.84. The highest BCUT2D eigenvalue weighted by Gasteiger charge is 2.19. The largest absolute Gasteiger partial charge is 0.495 e. The van der Waals surface area contributed by atoms with Crippen LogP contribution in [-0.4, -0.2) is 23.7 Å². The maximum absolute atomic E-state index is 11.4. The molecule has 0 radical (unpaired) electrons. The Morgan fingerprint density at radius 3 is 2.62 bits per heavy atom. The summed E-state index contributed by atoms with van der Waals surface area (Å²) in [5, 5.41) is 10.6. The van der Waals surface area contributed by atoms with Gasteiger partial charge < -0.3 is 4.74 Å². The van der Waals surface area contributed by atoms with Crippen LogP contribution in [0.3, 0.4) is 0 Å². The van der Waals surface area contributed by atoms with Gasteiger partial charge in [-0.3, -0.25) is 14.9 Å². The second-order valence-corrected chi connectivity index (χ2v) is 3.47. The predicted octanol–water partition coefficient (Wildman–Crippen LogP) is 2.68. The molecule has 1 aromatic carbocycles. The zero-order valence-electron chi connectivity index (χ0n) is 8.20. The van der Waals surface area contributed by atoms with Gasteiger partial charge in [0.1, 0.15) is 5.75 Å². The maximum atomic E-state index is 11.4. The molecule has 0 saturated carbocycles. The van der Waals surface area contributed by atoms with E-state index in [0.29, 0.717) is 0 Å². The topological polar surface area (TPSA) is 69.4 Å². The van der Waals surface area contributed by atoms with E-state index in [9.17, 15) is 14.9 Å². The molecule has 0 aliphatic carbocycles. The molecule has 0 aliphatic rings. The van der Waals surface area contributed by atoms with E-state index in [2.05, 4.69) is 0 Å². The number of ketones is 1. The lowest BCUT2D eigenvalue weighted by atomic mass is 10.1. The van der Waals surface area contributed by atoms with Gasteiger partial charge in [0.25, 0.3) is 5.69 Å². The number of hydrogen-bond donors (Lipinski definition) is 0. The third kappa shape index (κ3) is 2.43. The van der Waals surface area contributed by atoms with Crippen LogP contribution >= 0.6 is 23.2 Å². The van der Waals surface area contributed by atoms with Crippen molar-refractivity contribution in [1.29, 1.82) is 0 Å². The number of alkyl halides is 1. The second kappa shape index (κ2) is 5.14. The van der Waals surface area contributed by atoms with Gasteiger partial charge in [-0.1, -0.05) is 11.6 Å². The van der Waals surface area contributed by atoms with Crippen molar-refractivity contribution in [2.45, 2.75) is 0 Å². The van der Waals surface area contributed by atoms with Crippen molar-refractivity contribution in [3.8, 4) is 5.75 Å². The first-order chi connectivity index (χ1) is 7.51. The molecule has 16 heavy (non-hydrogen) atoms. The first-order valence-electron chi connectivity index (χ1n) is 4.12. The minimum atomic E-state index is -0.635. The number of rotatable bonds is 4. The summed E-state index contributed by atoms with van der Waals surface area (Å²) in [5.41, 5.74) is -0.280. The third-order valence-corrected chi connectivity index (χ3v) is 2.51. The highest BCUT2D eigenvalue weighted by molar-refractivity contribution is 6.38. The third-order valence-electron chi connectivity index (χ3n) is 1.88. The molecule has 0 fully saturated rings. The second-order valence-electron chi connectivity index (χ2n) is 2.82. The van der Waals surface area contributed by atoms with Crippen molar-refractivity contribution in [1.82, 2.24) is 0 Å². The van der Waals surface area contributed by atoms with Crippen LogP contribution in [0.25, 0.3) is 0 Å². The molecule has 0 saturated heterocycles. The van der Waals surface area contributed by atoms with E-state index in [0.717, 1.165) is 12.1 Å². The number of benzene rings is 1. The van der Waals surface area contributed by atoms with Gasteiger partial charge in [-0.25, -0.2) is 0 Å². The molecule has 0 N–H and O–H groups in total. The summed E-state index contributed by atoms with van der Waals surface area (Å²) in [5.74, 6) is -0.720. The molecule has 0 bridgehead atoms. The Balaban J connectivity index is 3.41. The SMILES string of the molecule is COc1cc([N+](=O)[O-])cc(C(=O)CCl)c1Cl. The lowest BCUT2D eigenvalue weighted by Crippen LogP contribution is -2.04. The first kappa shape index (κ1) is 12.7. The standard InChI is InChI=1S/C9H7Cl2NO4/c1-16-8-3-5(12(14)15)2-6(9(8)11)7(13)4-10/h2-3H,4H2,1H3. The van der Waals surface area contributed by atoms with Crippen LogP contribution in [0.1, 0.15) is 10.4 Å². The fourth-order valence-corrected chi connectivity index (χ4v) is 1.55. The molecule has 7 heteroatoms. The van der Waals surface area contributed by atoms with E-state index in [-0.39, 0.29) is 27.9 Å². The number of halogens is 2. The number of carbonyl (C=O) groups is 1. The number of ether oxygens (including phenoxy) is 1. The Kier molecular flexibility index (Phi) is 4.09. The first-order valence-corrected chi connectivity index (χ1v) is 5.03. The van der Waals surface area contributed by atoms with E-state index < -0.39 is 10.7 Å². The van der Waals surface area contributed by atoms with Gasteiger partial charge in [-0.05, 0) is 0 Å². The summed E-state index contributed by atoms with van der Waals surface area (Å²) in [4.78, 5) is 21.4. The molecule has 0 spiro atoms. The molecule has 1 aromatic rings. The zero-order chi connectivity index (χ0) is 12.3. The van der Waals surface area contributed by atoms with Gasteiger partial charge in [0.15, 0.2) is 5.78 Å². The van der Waals surface area contributed by atoms with Gasteiger partial charge >= 0.3 is 0 Å². The summed E-state index contributed by atoms with van der Waals surface area (Å²) >= 11 is 11.2. The van der Waals surface area contributed by atoms with E-state index in [4.69, 9.17) is 27.9 Å². The molecule has 1 rings (SSSR count). The van der Waals surface area contributed by atoms with Crippen molar-refractivity contribution >= 4 is 34.7 Å². The Morgan fingerprint density at radius 2 is 2.19 bits per heavy atom. The Bertz CT molecular complexity index is 447. The van der Waals surface area contributed by atoms with E-state index in [1.165, 1.54) is 7.11 Å². The van der Waals surface area contributed by atoms with Crippen molar-refractivity contribution in [2.75, 3.05) is 13.0 Å². The number of hydrogen-bond acceptors (Lipinski definition) is 4. The number of nitro groups is 1. The van der Waals surface area contributed by atoms with Crippen molar-refractivity contribution in [3.05, 3.63) is 32.8 Å². The molecule has 0 unspecified atom stereocenters. The quantitative estimate of drug-likeness (QED) is 0.363. The van der Waals surface area contributed by atoms with Crippen LogP contribution in [0.2, 0.25) is 5.02 Å². The molecule has 0 atom stereocenters. The van der Waals surface area contributed by atoms with Gasteiger partial charge in [-0.15, -0.1) is 11.6 Å². The number of nitrogens with zero attached hydrogens (tertiary/aromatic N) is 1. The average molecular weight is 264 g/mol. The fourth-order valence-electron chi connectivity index (χ4n) is 1.11. The highest BCUT2D eigenvalue weighted by Crippen LogP contribution is 2.33. The Hall–Kier alpha value is -1.33. The van der Waals surface area contributed by atoms with Crippen LogP contribution in [0, 0.1) is 10.1 Å². The number of non-ortho nitro benzene ring substituents is 1. The van der Waals surface area contributed by atoms with Gasteiger partial charge in [0.05, 0.1) is 29.0 Å². The fraction of sp³-hybridized carbons (Fsp3) is 0.222. The molecule has 0 amide bonds. The van der Waals surface area contributed by atoms with Crippen LogP contribution in [0.4, 0.5) is 5.69 Å². The van der Waals surface area contributed by atoms with E-state index in [1.807, 2.05) is 0 Å². The minimum Gasteiger partial charge on any atom is -0.495 e. The van der Waals surface area contributed by atoms with E-state index >= 15 is 0 Å².